The summed E-state index contributed by atoms with van der Waals surface area (Å²) in [5.74, 6) is -0.0455. The van der Waals surface area contributed by atoms with Crippen molar-refractivity contribution in [2.24, 2.45) is 0 Å². The summed E-state index contributed by atoms with van der Waals surface area (Å²) in [6.45, 7) is 28.3. The van der Waals surface area contributed by atoms with Crippen molar-refractivity contribution >= 4 is 24.8 Å². The Morgan fingerprint density at radius 1 is 0.469 bits per heavy atom. The van der Waals surface area contributed by atoms with Crippen molar-refractivity contribution < 1.29 is 33.4 Å². The molecule has 0 aliphatic carbocycles. The van der Waals surface area contributed by atoms with E-state index in [9.17, 15) is 19.2 Å². The van der Waals surface area contributed by atoms with Crippen LogP contribution in [0.1, 0.15) is 204 Å². The fourth-order valence-corrected chi connectivity index (χ4v) is 8.36. The Balaban J connectivity index is 3.21. The summed E-state index contributed by atoms with van der Waals surface area (Å²) in [6.07, 6.45) is 26.8. The van der Waals surface area contributed by atoms with Crippen molar-refractivity contribution in [3.05, 3.63) is 0 Å². The minimum atomic E-state index is -0.598. The highest BCUT2D eigenvalue weighted by Gasteiger charge is 2.26. The van der Waals surface area contributed by atoms with Gasteiger partial charge in [-0.15, -0.1) is 0 Å². The van der Waals surface area contributed by atoms with Crippen LogP contribution in [0.4, 0.5) is 0 Å². The van der Waals surface area contributed by atoms with Gasteiger partial charge in [-0.2, -0.15) is 0 Å². The summed E-state index contributed by atoms with van der Waals surface area (Å²) in [5, 5.41) is 0. The first-order chi connectivity index (χ1) is 30.5. The van der Waals surface area contributed by atoms with Crippen LogP contribution in [-0.4, -0.2) is 158 Å². The van der Waals surface area contributed by atoms with Crippen molar-refractivity contribution in [1.82, 2.24) is 24.5 Å². The van der Waals surface area contributed by atoms with Crippen molar-refractivity contribution in [1.29, 1.82) is 0 Å². The number of amides is 1. The summed E-state index contributed by atoms with van der Waals surface area (Å²) in [6, 6.07) is 0. The first-order valence-corrected chi connectivity index (χ1v) is 26.1. The second-order valence-electron chi connectivity index (χ2n) is 21.0. The summed E-state index contributed by atoms with van der Waals surface area (Å²) in [5.41, 5.74) is -1.78. The Bertz CT molecular complexity index is 1170. The molecule has 0 aromatic carbocycles. The second-order valence-corrected chi connectivity index (χ2v) is 21.0. The molecule has 12 heteroatoms. The van der Waals surface area contributed by atoms with E-state index in [2.05, 4.69) is 38.3 Å². The zero-order valence-electron chi connectivity index (χ0n) is 43.2. The number of rotatable bonds is 36. The lowest BCUT2D eigenvalue weighted by molar-refractivity contribution is -0.156. The molecule has 0 bridgehead atoms. The second kappa shape index (κ2) is 35.9. The van der Waals surface area contributed by atoms with E-state index in [4.69, 9.17) is 14.2 Å². The van der Waals surface area contributed by atoms with E-state index < -0.39 is 16.8 Å². The van der Waals surface area contributed by atoms with Gasteiger partial charge < -0.3 is 28.9 Å². The van der Waals surface area contributed by atoms with Crippen LogP contribution in [0.25, 0.3) is 0 Å². The minimum absolute atomic E-state index is 0.175. The quantitative estimate of drug-likeness (QED) is 0.0259. The topological polar surface area (TPSA) is 112 Å². The standard InChI is InChI=1S/C52H101N5O7/c1-10-12-14-16-18-20-22-24-26-28-32-57(33-29-27-25-23-21-19-17-15-13-11-2)48(60)44-55-40-38-53(34-30-51(6,7)62-46-58)36-37-54(35-31-52(8,9)63-47-59)39-41-56(43-42-55)45-49(61)64-50(3,4)5/h46-47H,10-45H2,1-9H3. The molecule has 0 spiro atoms. The lowest BCUT2D eigenvalue weighted by atomic mass is 10.0. The fourth-order valence-electron chi connectivity index (χ4n) is 8.36. The zero-order valence-corrected chi connectivity index (χ0v) is 43.2. The molecule has 0 unspecified atom stereocenters. The number of unbranched alkanes of at least 4 members (excludes halogenated alkanes) is 18. The van der Waals surface area contributed by atoms with Crippen LogP contribution in [0.5, 0.6) is 0 Å². The number of carbonyl (C=O) groups excluding carboxylic acids is 4. The molecule has 1 aliphatic heterocycles. The SMILES string of the molecule is CCCCCCCCCCCCN(CCCCCCCCCCCC)C(=O)CN1CCN(CCC(C)(C)OC=O)CCN(CCC(C)(C)OC=O)CCN(CC(=O)OC(C)(C)C)CC1. The van der Waals surface area contributed by atoms with E-state index in [-0.39, 0.29) is 18.4 Å². The van der Waals surface area contributed by atoms with E-state index in [1.165, 1.54) is 103 Å². The van der Waals surface area contributed by atoms with Gasteiger partial charge in [0.2, 0.25) is 5.91 Å². The third-order valence-electron chi connectivity index (χ3n) is 12.8. The molecule has 1 aliphatic rings. The molecule has 376 valence electrons. The van der Waals surface area contributed by atoms with Crippen molar-refractivity contribution in [3.8, 4) is 0 Å². The number of carbonyl (C=O) groups is 4. The van der Waals surface area contributed by atoms with Crippen LogP contribution >= 0.6 is 0 Å². The summed E-state index contributed by atoms with van der Waals surface area (Å²) in [7, 11) is 0. The molecule has 0 saturated carbocycles. The van der Waals surface area contributed by atoms with E-state index in [1.807, 2.05) is 48.5 Å². The number of esters is 1. The van der Waals surface area contributed by atoms with Gasteiger partial charge in [0.15, 0.2) is 0 Å². The van der Waals surface area contributed by atoms with Gasteiger partial charge in [0.05, 0.1) is 13.1 Å². The van der Waals surface area contributed by atoms with Crippen LogP contribution < -0.4 is 0 Å². The van der Waals surface area contributed by atoms with E-state index in [0.717, 1.165) is 78.0 Å². The fraction of sp³-hybridized carbons (Fsp3) is 0.923. The van der Waals surface area contributed by atoms with Crippen LogP contribution in [-0.2, 0) is 33.4 Å². The van der Waals surface area contributed by atoms with E-state index in [0.29, 0.717) is 58.5 Å². The predicted octanol–water partition coefficient (Wildman–Crippen LogP) is 9.90. The average molecular weight is 908 g/mol. The van der Waals surface area contributed by atoms with Gasteiger partial charge in [-0.1, -0.05) is 129 Å². The maximum Gasteiger partial charge on any atom is 0.320 e. The molecule has 0 aromatic rings. The van der Waals surface area contributed by atoms with Crippen LogP contribution in [0.15, 0.2) is 0 Å². The summed E-state index contributed by atoms with van der Waals surface area (Å²) >= 11 is 0. The van der Waals surface area contributed by atoms with Crippen molar-refractivity contribution in [2.75, 3.05) is 91.6 Å². The molecule has 0 N–H and O–H groups in total. The van der Waals surface area contributed by atoms with Crippen LogP contribution in [0.3, 0.4) is 0 Å². The number of ether oxygens (including phenoxy) is 3. The molecule has 0 radical (unpaired) electrons. The number of hydrogen-bond donors (Lipinski definition) is 0. The predicted molar refractivity (Wildman–Crippen MR) is 264 cm³/mol. The normalized spacial score (nSPS) is 15.9. The number of hydrogen-bond acceptors (Lipinski definition) is 11. The molecule has 1 amide bonds. The molecule has 1 heterocycles. The van der Waals surface area contributed by atoms with Crippen molar-refractivity contribution in [2.45, 2.75) is 220 Å². The largest absolute Gasteiger partial charge is 0.462 e. The van der Waals surface area contributed by atoms with Gasteiger partial charge in [0.1, 0.15) is 16.8 Å². The highest BCUT2D eigenvalue weighted by atomic mass is 16.6. The van der Waals surface area contributed by atoms with Gasteiger partial charge >= 0.3 is 5.97 Å². The maximum atomic E-state index is 14.4. The maximum absolute atomic E-state index is 14.4. The van der Waals surface area contributed by atoms with Gasteiger partial charge in [0.25, 0.3) is 12.9 Å². The molecule has 12 nitrogen and oxygen atoms in total. The van der Waals surface area contributed by atoms with E-state index in [1.54, 1.807) is 0 Å². The smallest absolute Gasteiger partial charge is 0.320 e. The van der Waals surface area contributed by atoms with E-state index >= 15 is 0 Å². The molecular formula is C52H101N5O7. The van der Waals surface area contributed by atoms with Gasteiger partial charge in [-0.05, 0) is 74.1 Å². The van der Waals surface area contributed by atoms with Crippen LogP contribution in [0.2, 0.25) is 0 Å². The monoisotopic (exact) mass is 908 g/mol. The lowest BCUT2D eigenvalue weighted by Gasteiger charge is -2.36. The Hall–Kier alpha value is -2.28. The van der Waals surface area contributed by atoms with Crippen LogP contribution in [0, 0.1) is 0 Å². The molecule has 64 heavy (non-hydrogen) atoms. The van der Waals surface area contributed by atoms with Gasteiger partial charge in [0, 0.05) is 78.5 Å². The number of nitrogens with zero attached hydrogens (tertiary/aromatic N) is 5. The summed E-state index contributed by atoms with van der Waals surface area (Å²) in [4.78, 5) is 61.7. The third-order valence-corrected chi connectivity index (χ3v) is 12.8. The van der Waals surface area contributed by atoms with Gasteiger partial charge in [-0.3, -0.25) is 29.0 Å². The highest BCUT2D eigenvalue weighted by molar-refractivity contribution is 5.78. The third kappa shape index (κ3) is 33.2. The molecule has 1 saturated heterocycles. The molecule has 1 rings (SSSR count). The summed E-state index contributed by atoms with van der Waals surface area (Å²) < 4.78 is 16.6. The molecule has 0 aromatic heterocycles. The minimum Gasteiger partial charge on any atom is -0.462 e. The first kappa shape index (κ1) is 59.7. The zero-order chi connectivity index (χ0) is 47.5. The molecule has 0 atom stereocenters. The highest BCUT2D eigenvalue weighted by Crippen LogP contribution is 2.18. The van der Waals surface area contributed by atoms with Gasteiger partial charge in [-0.25, -0.2) is 0 Å². The Kier molecular flexibility index (Phi) is 33.5. The lowest BCUT2D eigenvalue weighted by Crippen LogP contribution is -2.50. The molecule has 1 fully saturated rings. The Morgan fingerprint density at radius 3 is 1.11 bits per heavy atom. The average Bonchev–Trinajstić information content (AvgIpc) is 3.21. The Labute approximate surface area is 393 Å². The van der Waals surface area contributed by atoms with Crippen molar-refractivity contribution in [3.63, 3.8) is 0 Å². The first-order valence-electron chi connectivity index (χ1n) is 26.1. The Morgan fingerprint density at radius 2 is 0.781 bits per heavy atom. The molecular weight excluding hydrogens is 807 g/mol.